The van der Waals surface area contributed by atoms with E-state index >= 15 is 0 Å². The fourth-order valence-corrected chi connectivity index (χ4v) is 2.64. The number of benzene rings is 2. The summed E-state index contributed by atoms with van der Waals surface area (Å²) in [4.78, 5) is 0. The van der Waals surface area contributed by atoms with Crippen molar-refractivity contribution in [2.45, 2.75) is 19.4 Å². The van der Waals surface area contributed by atoms with Crippen LogP contribution >= 0.6 is 15.9 Å². The number of hydrogen-bond donors (Lipinski definition) is 2. The second kappa shape index (κ2) is 6.43. The normalized spacial score (nSPS) is 12.4. The standard InChI is InChI=1S/C15H15BrF2N2/c1-9-5-6-12(16)10(7-9)15(20-19)8-11-13(17)3-2-4-14(11)18/h2-7,15,20H,8,19H2,1H3. The minimum Gasteiger partial charge on any atom is -0.271 e. The summed E-state index contributed by atoms with van der Waals surface area (Å²) in [5.74, 6) is 4.43. The average molecular weight is 341 g/mol. The lowest BCUT2D eigenvalue weighted by Gasteiger charge is -2.19. The topological polar surface area (TPSA) is 38.0 Å². The zero-order chi connectivity index (χ0) is 14.7. The minimum absolute atomic E-state index is 0.0313. The van der Waals surface area contributed by atoms with E-state index in [0.29, 0.717) is 0 Å². The van der Waals surface area contributed by atoms with Crippen LogP contribution in [0.15, 0.2) is 40.9 Å². The van der Waals surface area contributed by atoms with Gasteiger partial charge >= 0.3 is 0 Å². The molecule has 2 aromatic carbocycles. The van der Waals surface area contributed by atoms with Crippen molar-refractivity contribution in [2.75, 3.05) is 0 Å². The maximum Gasteiger partial charge on any atom is 0.129 e. The molecule has 2 rings (SSSR count). The van der Waals surface area contributed by atoms with Gasteiger partial charge in [-0.05, 0) is 37.1 Å². The third-order valence-corrected chi connectivity index (χ3v) is 3.92. The molecule has 20 heavy (non-hydrogen) atoms. The first kappa shape index (κ1) is 15.1. The summed E-state index contributed by atoms with van der Waals surface area (Å²) in [5.41, 5.74) is 4.58. The molecule has 0 saturated carbocycles. The molecule has 0 aliphatic rings. The Balaban J connectivity index is 2.36. The van der Waals surface area contributed by atoms with E-state index in [1.165, 1.54) is 18.2 Å². The number of rotatable bonds is 4. The van der Waals surface area contributed by atoms with Crippen LogP contribution in [0.5, 0.6) is 0 Å². The second-order valence-electron chi connectivity index (χ2n) is 4.65. The molecule has 0 aromatic heterocycles. The Kier molecular flexibility index (Phi) is 4.86. The highest BCUT2D eigenvalue weighted by Gasteiger charge is 2.18. The molecule has 2 aromatic rings. The molecule has 0 bridgehead atoms. The zero-order valence-corrected chi connectivity index (χ0v) is 12.5. The van der Waals surface area contributed by atoms with Crippen molar-refractivity contribution in [3.8, 4) is 0 Å². The van der Waals surface area contributed by atoms with Crippen LogP contribution in [0.2, 0.25) is 0 Å². The summed E-state index contributed by atoms with van der Waals surface area (Å²) in [5, 5.41) is 0. The van der Waals surface area contributed by atoms with Crippen molar-refractivity contribution in [2.24, 2.45) is 5.84 Å². The van der Waals surface area contributed by atoms with Gasteiger partial charge in [-0.15, -0.1) is 0 Å². The van der Waals surface area contributed by atoms with E-state index in [-0.39, 0.29) is 18.0 Å². The molecule has 0 aliphatic heterocycles. The zero-order valence-electron chi connectivity index (χ0n) is 11.0. The van der Waals surface area contributed by atoms with Crippen LogP contribution in [0.4, 0.5) is 8.78 Å². The highest BCUT2D eigenvalue weighted by atomic mass is 79.9. The Labute approximate surface area is 125 Å². The van der Waals surface area contributed by atoms with Gasteiger partial charge in [0.25, 0.3) is 0 Å². The smallest absolute Gasteiger partial charge is 0.129 e. The van der Waals surface area contributed by atoms with E-state index < -0.39 is 11.6 Å². The van der Waals surface area contributed by atoms with E-state index in [1.807, 2.05) is 25.1 Å². The van der Waals surface area contributed by atoms with Crippen molar-refractivity contribution in [3.63, 3.8) is 0 Å². The van der Waals surface area contributed by atoms with Gasteiger partial charge in [0.2, 0.25) is 0 Å². The van der Waals surface area contributed by atoms with Crippen LogP contribution in [0.1, 0.15) is 22.7 Å². The van der Waals surface area contributed by atoms with E-state index in [1.54, 1.807) is 0 Å². The largest absolute Gasteiger partial charge is 0.271 e. The van der Waals surface area contributed by atoms with E-state index in [4.69, 9.17) is 5.84 Å². The molecule has 0 heterocycles. The summed E-state index contributed by atoms with van der Waals surface area (Å²) in [6, 6.07) is 9.25. The molecule has 3 N–H and O–H groups in total. The Morgan fingerprint density at radius 3 is 2.45 bits per heavy atom. The monoisotopic (exact) mass is 340 g/mol. The highest BCUT2D eigenvalue weighted by molar-refractivity contribution is 9.10. The molecule has 1 unspecified atom stereocenters. The lowest BCUT2D eigenvalue weighted by molar-refractivity contribution is 0.499. The van der Waals surface area contributed by atoms with Gasteiger partial charge < -0.3 is 0 Å². The lowest BCUT2D eigenvalue weighted by atomic mass is 9.97. The Morgan fingerprint density at radius 1 is 1.20 bits per heavy atom. The van der Waals surface area contributed by atoms with Gasteiger partial charge in [-0.2, -0.15) is 0 Å². The van der Waals surface area contributed by atoms with Crippen molar-refractivity contribution in [1.82, 2.24) is 5.43 Å². The van der Waals surface area contributed by atoms with E-state index in [9.17, 15) is 8.78 Å². The first-order valence-corrected chi connectivity index (χ1v) is 6.97. The van der Waals surface area contributed by atoms with E-state index in [2.05, 4.69) is 21.4 Å². The Morgan fingerprint density at radius 2 is 1.85 bits per heavy atom. The molecule has 0 amide bonds. The number of hydrogen-bond acceptors (Lipinski definition) is 2. The van der Waals surface area contributed by atoms with Crippen molar-refractivity contribution >= 4 is 15.9 Å². The minimum atomic E-state index is -0.561. The van der Waals surface area contributed by atoms with Crippen molar-refractivity contribution < 1.29 is 8.78 Å². The number of nitrogens with two attached hydrogens (primary N) is 1. The molecule has 106 valence electrons. The van der Waals surface area contributed by atoms with Gasteiger partial charge in [0.15, 0.2) is 0 Å². The maximum absolute atomic E-state index is 13.7. The van der Waals surface area contributed by atoms with Gasteiger partial charge in [0, 0.05) is 10.0 Å². The molecule has 0 aliphatic carbocycles. The van der Waals surface area contributed by atoms with Crippen molar-refractivity contribution in [3.05, 3.63) is 69.2 Å². The molecule has 2 nitrogen and oxygen atoms in total. The van der Waals surface area contributed by atoms with Gasteiger partial charge in [-0.3, -0.25) is 11.3 Å². The third-order valence-electron chi connectivity index (χ3n) is 3.20. The number of nitrogens with one attached hydrogen (secondary N) is 1. The predicted molar refractivity (Wildman–Crippen MR) is 79.0 cm³/mol. The summed E-state index contributed by atoms with van der Waals surface area (Å²) in [6.07, 6.45) is 0.136. The summed E-state index contributed by atoms with van der Waals surface area (Å²) < 4.78 is 28.3. The van der Waals surface area contributed by atoms with E-state index in [0.717, 1.165) is 15.6 Å². The van der Waals surface area contributed by atoms with Crippen LogP contribution in [0, 0.1) is 18.6 Å². The molecular formula is C15H15BrF2N2. The van der Waals surface area contributed by atoms with Gasteiger partial charge in [0.05, 0.1) is 6.04 Å². The summed E-state index contributed by atoms with van der Waals surface area (Å²) in [7, 11) is 0. The number of aryl methyl sites for hydroxylation is 1. The first-order valence-electron chi connectivity index (χ1n) is 6.18. The fourth-order valence-electron chi connectivity index (χ4n) is 2.12. The number of halogens is 3. The highest BCUT2D eigenvalue weighted by Crippen LogP contribution is 2.28. The second-order valence-corrected chi connectivity index (χ2v) is 5.50. The first-order chi connectivity index (χ1) is 9.52. The van der Waals surface area contributed by atoms with Crippen molar-refractivity contribution in [1.29, 1.82) is 0 Å². The van der Waals surface area contributed by atoms with Crippen LogP contribution in [-0.4, -0.2) is 0 Å². The van der Waals surface area contributed by atoms with Crippen LogP contribution < -0.4 is 11.3 Å². The number of hydrazine groups is 1. The average Bonchev–Trinajstić information content (AvgIpc) is 2.42. The van der Waals surface area contributed by atoms with Crippen LogP contribution in [-0.2, 0) is 6.42 Å². The third kappa shape index (κ3) is 3.23. The molecule has 5 heteroatoms. The van der Waals surface area contributed by atoms with Gasteiger partial charge in [0.1, 0.15) is 11.6 Å². The Hall–Kier alpha value is -1.30. The maximum atomic E-state index is 13.7. The fraction of sp³-hybridized carbons (Fsp3) is 0.200. The molecule has 0 spiro atoms. The molecule has 0 saturated heterocycles. The van der Waals surface area contributed by atoms with Crippen LogP contribution in [0.3, 0.4) is 0 Å². The molecule has 0 radical (unpaired) electrons. The Bertz CT molecular complexity index is 597. The molecule has 0 fully saturated rings. The molecular weight excluding hydrogens is 326 g/mol. The summed E-state index contributed by atoms with van der Waals surface area (Å²) in [6.45, 7) is 1.95. The van der Waals surface area contributed by atoms with Gasteiger partial charge in [-0.25, -0.2) is 8.78 Å². The van der Waals surface area contributed by atoms with Gasteiger partial charge in [-0.1, -0.05) is 39.7 Å². The summed E-state index contributed by atoms with van der Waals surface area (Å²) >= 11 is 3.44. The quantitative estimate of drug-likeness (QED) is 0.656. The van der Waals surface area contributed by atoms with Crippen LogP contribution in [0.25, 0.3) is 0 Å². The predicted octanol–water partition coefficient (Wildman–Crippen LogP) is 3.78. The molecule has 1 atom stereocenters. The lowest BCUT2D eigenvalue weighted by Crippen LogP contribution is -2.30. The SMILES string of the molecule is Cc1ccc(Br)c(C(Cc2c(F)cccc2F)NN)c1.